The number of aliphatic hydroxyl groups excluding tert-OH is 3. The van der Waals surface area contributed by atoms with Gasteiger partial charge in [-0.2, -0.15) is 0 Å². The van der Waals surface area contributed by atoms with Crippen LogP contribution in [0.15, 0.2) is 0 Å². The molecule has 0 radical (unpaired) electrons. The number of carbonyl (C=O) groups excluding carboxylic acids is 2. The van der Waals surface area contributed by atoms with Gasteiger partial charge in [-0.05, 0) is 19.8 Å². The topological polar surface area (TPSA) is 113 Å². The zero-order chi connectivity index (χ0) is 36.5. The third kappa shape index (κ3) is 44.8. The lowest BCUT2D eigenvalue weighted by atomic mass is 10.0. The second-order valence-corrected chi connectivity index (χ2v) is 14.4. The minimum absolute atomic E-state index is 0.166. The fourth-order valence-electron chi connectivity index (χ4n) is 5.94. The standard InChI is InChI=1S/C39H76O4.C3H8O3/c1-4-6-8-10-12-14-16-18-20-22-24-26-28-30-32-34-38(40)42-36-37(3)43-39(41)35-33-31-29-27-25-23-21-19-17-15-13-11-9-7-5-2;4-1-3(6)2-5/h37H,4-36H2,1-3H3;3-6H,1-2H2. The number of carbonyl (C=O) groups is 2. The molecule has 0 aliphatic carbocycles. The van der Waals surface area contributed by atoms with Gasteiger partial charge in [0.1, 0.15) is 18.8 Å². The van der Waals surface area contributed by atoms with E-state index in [9.17, 15) is 9.59 Å². The summed E-state index contributed by atoms with van der Waals surface area (Å²) in [5.74, 6) is -0.333. The van der Waals surface area contributed by atoms with E-state index in [-0.39, 0.29) is 37.9 Å². The van der Waals surface area contributed by atoms with E-state index in [4.69, 9.17) is 24.8 Å². The average molecular weight is 701 g/mol. The molecule has 0 saturated heterocycles. The Balaban J connectivity index is 0. The minimum Gasteiger partial charge on any atom is -0.462 e. The Morgan fingerprint density at radius 3 is 0.980 bits per heavy atom. The molecule has 7 heteroatoms. The first-order valence-corrected chi connectivity index (χ1v) is 21.2. The number of rotatable bonds is 37. The number of unbranched alkanes of at least 4 members (excludes halogenated alkanes) is 28. The molecule has 49 heavy (non-hydrogen) atoms. The van der Waals surface area contributed by atoms with Crippen LogP contribution in [0.5, 0.6) is 0 Å². The molecule has 0 aromatic carbocycles. The predicted octanol–water partition coefficient (Wildman–Crippen LogP) is 11.3. The van der Waals surface area contributed by atoms with Crippen LogP contribution in [0.25, 0.3) is 0 Å². The molecule has 0 aromatic rings. The van der Waals surface area contributed by atoms with Gasteiger partial charge in [-0.1, -0.05) is 194 Å². The molecule has 7 nitrogen and oxygen atoms in total. The number of hydrogen-bond acceptors (Lipinski definition) is 7. The van der Waals surface area contributed by atoms with E-state index < -0.39 is 6.10 Å². The van der Waals surface area contributed by atoms with Crippen LogP contribution in [0, 0.1) is 0 Å². The molecule has 294 valence electrons. The highest BCUT2D eigenvalue weighted by molar-refractivity contribution is 5.70. The quantitative estimate of drug-likeness (QED) is 0.0436. The summed E-state index contributed by atoms with van der Waals surface area (Å²) in [6, 6.07) is 0. The highest BCUT2D eigenvalue weighted by Crippen LogP contribution is 2.15. The van der Waals surface area contributed by atoms with Crippen molar-refractivity contribution in [2.24, 2.45) is 0 Å². The SMILES string of the molecule is CCCCCCCCCCCCCCCCCC(=O)OCC(C)OC(=O)CCCCCCCCCCCCCCCCC.OCC(O)CO. The van der Waals surface area contributed by atoms with E-state index in [2.05, 4.69) is 13.8 Å². The maximum absolute atomic E-state index is 12.1. The first kappa shape index (κ1) is 49.9. The Labute approximate surface area is 304 Å². The Kier molecular flexibility index (Phi) is 43.8. The second kappa shape index (κ2) is 43.0. The molecular weight excluding hydrogens is 616 g/mol. The molecule has 0 amide bonds. The van der Waals surface area contributed by atoms with Gasteiger partial charge in [-0.25, -0.2) is 0 Å². The lowest BCUT2D eigenvalue weighted by Gasteiger charge is -2.13. The monoisotopic (exact) mass is 701 g/mol. The molecule has 0 aliphatic rings. The molecular formula is C42H84O7. The average Bonchev–Trinajstić information content (AvgIpc) is 3.10. The molecule has 0 rings (SSSR count). The summed E-state index contributed by atoms with van der Waals surface area (Å²) in [6.45, 7) is 5.80. The van der Waals surface area contributed by atoms with Crippen molar-refractivity contribution in [1.29, 1.82) is 0 Å². The Hall–Kier alpha value is -1.18. The highest BCUT2D eigenvalue weighted by Gasteiger charge is 2.12. The van der Waals surface area contributed by atoms with Crippen LogP contribution in [-0.2, 0) is 19.1 Å². The normalized spacial score (nSPS) is 11.7. The molecule has 0 bridgehead atoms. The summed E-state index contributed by atoms with van der Waals surface area (Å²) in [7, 11) is 0. The van der Waals surface area contributed by atoms with Crippen molar-refractivity contribution in [1.82, 2.24) is 0 Å². The highest BCUT2D eigenvalue weighted by atomic mass is 16.6. The maximum Gasteiger partial charge on any atom is 0.306 e. The van der Waals surface area contributed by atoms with Crippen LogP contribution >= 0.6 is 0 Å². The molecule has 1 atom stereocenters. The van der Waals surface area contributed by atoms with E-state index in [1.807, 2.05) is 6.92 Å². The molecule has 0 spiro atoms. The zero-order valence-corrected chi connectivity index (χ0v) is 32.9. The van der Waals surface area contributed by atoms with E-state index in [0.717, 1.165) is 25.7 Å². The van der Waals surface area contributed by atoms with Crippen LogP contribution in [0.1, 0.15) is 226 Å². The first-order valence-electron chi connectivity index (χ1n) is 21.2. The first-order chi connectivity index (χ1) is 23.9. The van der Waals surface area contributed by atoms with Gasteiger partial charge in [-0.3, -0.25) is 9.59 Å². The summed E-state index contributed by atoms with van der Waals surface area (Å²) >= 11 is 0. The lowest BCUT2D eigenvalue weighted by molar-refractivity contribution is -0.158. The molecule has 0 aromatic heterocycles. The van der Waals surface area contributed by atoms with Gasteiger partial charge in [0, 0.05) is 12.8 Å². The van der Waals surface area contributed by atoms with Crippen LogP contribution in [0.3, 0.4) is 0 Å². The molecule has 0 aliphatic heterocycles. The van der Waals surface area contributed by atoms with Crippen molar-refractivity contribution < 1.29 is 34.4 Å². The van der Waals surface area contributed by atoms with Crippen molar-refractivity contribution >= 4 is 11.9 Å². The molecule has 3 N–H and O–H groups in total. The zero-order valence-electron chi connectivity index (χ0n) is 32.9. The van der Waals surface area contributed by atoms with Gasteiger partial charge >= 0.3 is 11.9 Å². The number of aliphatic hydroxyl groups is 3. The fraction of sp³-hybridized carbons (Fsp3) is 0.952. The van der Waals surface area contributed by atoms with Crippen molar-refractivity contribution in [3.05, 3.63) is 0 Å². The maximum atomic E-state index is 12.1. The smallest absolute Gasteiger partial charge is 0.306 e. The Bertz CT molecular complexity index is 653. The summed E-state index contributed by atoms with van der Waals surface area (Å²) in [4.78, 5) is 24.1. The summed E-state index contributed by atoms with van der Waals surface area (Å²) < 4.78 is 10.8. The van der Waals surface area contributed by atoms with Crippen LogP contribution in [-0.4, -0.2) is 59.3 Å². The van der Waals surface area contributed by atoms with Gasteiger partial charge in [0.15, 0.2) is 0 Å². The molecule has 0 saturated carbocycles. The number of esters is 2. The number of ether oxygens (including phenoxy) is 2. The lowest BCUT2D eigenvalue weighted by Crippen LogP contribution is -2.22. The minimum atomic E-state index is -0.954. The van der Waals surface area contributed by atoms with Gasteiger partial charge in [0.05, 0.1) is 13.2 Å². The van der Waals surface area contributed by atoms with Gasteiger partial charge < -0.3 is 24.8 Å². The summed E-state index contributed by atoms with van der Waals surface area (Å²) in [6.07, 6.45) is 39.1. The Morgan fingerprint density at radius 1 is 0.449 bits per heavy atom. The van der Waals surface area contributed by atoms with Crippen molar-refractivity contribution in [3.8, 4) is 0 Å². The molecule has 1 unspecified atom stereocenters. The predicted molar refractivity (Wildman–Crippen MR) is 206 cm³/mol. The van der Waals surface area contributed by atoms with Crippen LogP contribution in [0.2, 0.25) is 0 Å². The summed E-state index contributed by atoms with van der Waals surface area (Å²) in [5, 5.41) is 24.0. The van der Waals surface area contributed by atoms with Crippen LogP contribution < -0.4 is 0 Å². The van der Waals surface area contributed by atoms with Gasteiger partial charge in [-0.15, -0.1) is 0 Å². The van der Waals surface area contributed by atoms with Crippen LogP contribution in [0.4, 0.5) is 0 Å². The fourth-order valence-corrected chi connectivity index (χ4v) is 5.94. The molecule has 0 heterocycles. The van der Waals surface area contributed by atoms with Crippen molar-refractivity contribution in [2.45, 2.75) is 238 Å². The van der Waals surface area contributed by atoms with E-state index in [0.29, 0.717) is 12.8 Å². The third-order valence-corrected chi connectivity index (χ3v) is 9.20. The largest absolute Gasteiger partial charge is 0.462 e. The number of hydrogen-bond donors (Lipinski definition) is 3. The van der Waals surface area contributed by atoms with Gasteiger partial charge in [0.25, 0.3) is 0 Å². The van der Waals surface area contributed by atoms with Crippen molar-refractivity contribution in [2.75, 3.05) is 19.8 Å². The summed E-state index contributed by atoms with van der Waals surface area (Å²) in [5.41, 5.74) is 0. The second-order valence-electron chi connectivity index (χ2n) is 14.4. The van der Waals surface area contributed by atoms with Crippen molar-refractivity contribution in [3.63, 3.8) is 0 Å². The third-order valence-electron chi connectivity index (χ3n) is 9.20. The van der Waals surface area contributed by atoms with E-state index in [1.165, 1.54) is 167 Å². The molecule has 0 fully saturated rings. The van der Waals surface area contributed by atoms with E-state index >= 15 is 0 Å². The van der Waals surface area contributed by atoms with E-state index in [1.54, 1.807) is 0 Å². The van der Waals surface area contributed by atoms with Gasteiger partial charge in [0.2, 0.25) is 0 Å². The Morgan fingerprint density at radius 2 is 0.714 bits per heavy atom.